The highest BCUT2D eigenvalue weighted by molar-refractivity contribution is 5.81. The average Bonchev–Trinajstić information content (AvgIpc) is 2.25. The van der Waals surface area contributed by atoms with Gasteiger partial charge in [-0.2, -0.15) is 0 Å². The number of hydrazine groups is 1. The molecule has 0 bridgehead atoms. The van der Waals surface area contributed by atoms with E-state index in [9.17, 15) is 9.59 Å². The van der Waals surface area contributed by atoms with Gasteiger partial charge in [0.15, 0.2) is 0 Å². The van der Waals surface area contributed by atoms with Crippen molar-refractivity contribution in [2.24, 2.45) is 5.92 Å². The molecule has 0 saturated carbocycles. The van der Waals surface area contributed by atoms with Gasteiger partial charge in [0.2, 0.25) is 5.91 Å². The Morgan fingerprint density at radius 3 is 2.29 bits per heavy atom. The number of ether oxygens (including phenoxy) is 2. The molecule has 2 N–H and O–H groups in total. The Morgan fingerprint density at radius 1 is 1.18 bits per heavy atom. The normalized spacial score (nSPS) is 17.4. The van der Waals surface area contributed by atoms with E-state index in [1.54, 1.807) is 20.8 Å². The third-order valence-corrected chi connectivity index (χ3v) is 2.28. The Labute approximate surface area is 101 Å². The average molecular weight is 244 g/mol. The van der Waals surface area contributed by atoms with Crippen LogP contribution in [0.3, 0.4) is 0 Å². The highest BCUT2D eigenvalue weighted by Crippen LogP contribution is 2.14. The maximum absolute atomic E-state index is 11.6. The molecule has 0 radical (unpaired) electrons. The van der Waals surface area contributed by atoms with E-state index >= 15 is 0 Å². The maximum Gasteiger partial charge on any atom is 0.426 e. The van der Waals surface area contributed by atoms with Crippen LogP contribution in [0.25, 0.3) is 0 Å². The molecule has 1 rings (SSSR count). The molecular formula is C11H20N2O4. The lowest BCUT2D eigenvalue weighted by Gasteiger charge is -2.23. The van der Waals surface area contributed by atoms with Crippen molar-refractivity contribution in [3.63, 3.8) is 0 Å². The number of amides is 2. The van der Waals surface area contributed by atoms with Crippen LogP contribution in [-0.4, -0.2) is 30.8 Å². The summed E-state index contributed by atoms with van der Waals surface area (Å²) in [7, 11) is 0. The second-order valence-corrected chi connectivity index (χ2v) is 5.00. The van der Waals surface area contributed by atoms with Crippen molar-refractivity contribution in [1.82, 2.24) is 10.9 Å². The molecule has 0 aromatic carbocycles. The second-order valence-electron chi connectivity index (χ2n) is 5.00. The molecule has 17 heavy (non-hydrogen) atoms. The van der Waals surface area contributed by atoms with Gasteiger partial charge in [-0.05, 0) is 33.6 Å². The Kier molecular flexibility index (Phi) is 4.74. The van der Waals surface area contributed by atoms with Crippen molar-refractivity contribution in [2.75, 3.05) is 13.2 Å². The fourth-order valence-corrected chi connectivity index (χ4v) is 1.48. The van der Waals surface area contributed by atoms with Gasteiger partial charge in [0, 0.05) is 19.1 Å². The van der Waals surface area contributed by atoms with Gasteiger partial charge in [0.1, 0.15) is 5.60 Å². The summed E-state index contributed by atoms with van der Waals surface area (Å²) in [6.07, 6.45) is 0.710. The minimum absolute atomic E-state index is 0.0984. The van der Waals surface area contributed by atoms with Gasteiger partial charge >= 0.3 is 6.09 Å². The van der Waals surface area contributed by atoms with Crippen molar-refractivity contribution in [2.45, 2.75) is 39.2 Å². The van der Waals surface area contributed by atoms with Gasteiger partial charge in [-0.3, -0.25) is 10.2 Å². The van der Waals surface area contributed by atoms with Gasteiger partial charge in [0.05, 0.1) is 0 Å². The van der Waals surface area contributed by atoms with E-state index in [2.05, 4.69) is 10.9 Å². The fourth-order valence-electron chi connectivity index (χ4n) is 1.48. The lowest BCUT2D eigenvalue weighted by Crippen LogP contribution is -2.47. The minimum Gasteiger partial charge on any atom is -0.443 e. The van der Waals surface area contributed by atoms with Crippen LogP contribution in [0.1, 0.15) is 33.6 Å². The summed E-state index contributed by atoms with van der Waals surface area (Å²) in [5.41, 5.74) is 4.01. The number of rotatable bonds is 1. The van der Waals surface area contributed by atoms with E-state index in [1.807, 2.05) is 0 Å². The fraction of sp³-hybridized carbons (Fsp3) is 0.818. The number of carbonyl (C=O) groups excluding carboxylic acids is 2. The molecule has 1 aliphatic heterocycles. The van der Waals surface area contributed by atoms with Crippen LogP contribution < -0.4 is 10.9 Å². The lowest BCUT2D eigenvalue weighted by molar-refractivity contribution is -0.128. The summed E-state index contributed by atoms with van der Waals surface area (Å²) in [4.78, 5) is 22.9. The van der Waals surface area contributed by atoms with Crippen molar-refractivity contribution < 1.29 is 19.1 Å². The molecule has 0 atom stereocenters. The molecule has 1 aliphatic rings. The predicted molar refractivity (Wildman–Crippen MR) is 61.1 cm³/mol. The highest BCUT2D eigenvalue weighted by Gasteiger charge is 2.22. The Morgan fingerprint density at radius 2 is 1.76 bits per heavy atom. The van der Waals surface area contributed by atoms with Gasteiger partial charge in [0.25, 0.3) is 0 Å². The molecule has 2 amide bonds. The molecular weight excluding hydrogens is 224 g/mol. The van der Waals surface area contributed by atoms with Crippen LogP contribution in [0, 0.1) is 5.92 Å². The largest absolute Gasteiger partial charge is 0.443 e. The van der Waals surface area contributed by atoms with Crippen LogP contribution >= 0.6 is 0 Å². The van der Waals surface area contributed by atoms with E-state index in [4.69, 9.17) is 9.47 Å². The first kappa shape index (κ1) is 13.8. The summed E-state index contributed by atoms with van der Waals surface area (Å²) in [5, 5.41) is 0. The topological polar surface area (TPSA) is 76.7 Å². The van der Waals surface area contributed by atoms with Gasteiger partial charge in [-0.1, -0.05) is 0 Å². The molecule has 0 aliphatic carbocycles. The SMILES string of the molecule is CC(C)(C)OC(=O)NNC(=O)C1CCOCC1. The van der Waals surface area contributed by atoms with Gasteiger partial charge in [-0.15, -0.1) is 0 Å². The van der Waals surface area contributed by atoms with Crippen LogP contribution in [0.2, 0.25) is 0 Å². The Balaban J connectivity index is 2.25. The Bertz CT molecular complexity index is 280. The second kappa shape index (κ2) is 5.86. The van der Waals surface area contributed by atoms with Crippen molar-refractivity contribution in [3.05, 3.63) is 0 Å². The van der Waals surface area contributed by atoms with Crippen molar-refractivity contribution in [3.8, 4) is 0 Å². The van der Waals surface area contributed by atoms with E-state index in [0.717, 1.165) is 0 Å². The quantitative estimate of drug-likeness (QED) is 0.674. The molecule has 0 aromatic heterocycles. The first-order chi connectivity index (χ1) is 7.88. The molecule has 0 unspecified atom stereocenters. The summed E-state index contributed by atoms with van der Waals surface area (Å²) in [6, 6.07) is 0. The first-order valence-electron chi connectivity index (χ1n) is 5.75. The standard InChI is InChI=1S/C11H20N2O4/c1-11(2,3)17-10(15)13-12-9(14)8-4-6-16-7-5-8/h8H,4-7H2,1-3H3,(H,12,14)(H,13,15). The van der Waals surface area contributed by atoms with Crippen LogP contribution in [-0.2, 0) is 14.3 Å². The summed E-state index contributed by atoms with van der Waals surface area (Å²) in [6.45, 7) is 6.45. The first-order valence-corrected chi connectivity index (χ1v) is 5.75. The summed E-state index contributed by atoms with van der Waals surface area (Å²) < 4.78 is 10.1. The molecule has 0 aromatic rings. The van der Waals surface area contributed by atoms with Gasteiger partial charge < -0.3 is 9.47 Å². The third-order valence-electron chi connectivity index (χ3n) is 2.28. The zero-order valence-corrected chi connectivity index (χ0v) is 10.5. The highest BCUT2D eigenvalue weighted by atomic mass is 16.6. The number of nitrogens with one attached hydrogen (secondary N) is 2. The molecule has 6 nitrogen and oxygen atoms in total. The lowest BCUT2D eigenvalue weighted by atomic mass is 10.00. The monoisotopic (exact) mass is 244 g/mol. The van der Waals surface area contributed by atoms with E-state index in [0.29, 0.717) is 26.1 Å². The number of hydrogen-bond acceptors (Lipinski definition) is 4. The van der Waals surface area contributed by atoms with Crippen LogP contribution in [0.15, 0.2) is 0 Å². The molecule has 98 valence electrons. The molecule has 1 saturated heterocycles. The zero-order chi connectivity index (χ0) is 12.9. The van der Waals surface area contributed by atoms with Crippen molar-refractivity contribution in [1.29, 1.82) is 0 Å². The Hall–Kier alpha value is -1.30. The number of carbonyl (C=O) groups is 2. The molecule has 1 fully saturated rings. The van der Waals surface area contributed by atoms with E-state index < -0.39 is 11.7 Å². The molecule has 6 heteroatoms. The van der Waals surface area contributed by atoms with Crippen molar-refractivity contribution >= 4 is 12.0 Å². The van der Waals surface area contributed by atoms with E-state index in [-0.39, 0.29) is 11.8 Å². The van der Waals surface area contributed by atoms with Crippen LogP contribution in [0.5, 0.6) is 0 Å². The number of hydrogen-bond donors (Lipinski definition) is 2. The summed E-state index contributed by atoms with van der Waals surface area (Å²) in [5.74, 6) is -0.294. The molecule has 1 heterocycles. The summed E-state index contributed by atoms with van der Waals surface area (Å²) >= 11 is 0. The van der Waals surface area contributed by atoms with Crippen LogP contribution in [0.4, 0.5) is 4.79 Å². The zero-order valence-electron chi connectivity index (χ0n) is 10.5. The van der Waals surface area contributed by atoms with E-state index in [1.165, 1.54) is 0 Å². The third kappa shape index (κ3) is 5.53. The molecule has 0 spiro atoms. The maximum atomic E-state index is 11.6. The predicted octanol–water partition coefficient (Wildman–Crippen LogP) is 0.969. The van der Waals surface area contributed by atoms with Gasteiger partial charge in [-0.25, -0.2) is 10.2 Å². The minimum atomic E-state index is -0.655. The smallest absolute Gasteiger partial charge is 0.426 e.